The first kappa shape index (κ1) is 14.4. The van der Waals surface area contributed by atoms with Crippen molar-refractivity contribution in [3.8, 4) is 0 Å². The Kier molecular flexibility index (Phi) is 6.83. The summed E-state index contributed by atoms with van der Waals surface area (Å²) >= 11 is 2.09. The Balaban J connectivity index is 2.29. The van der Waals surface area contributed by atoms with Crippen molar-refractivity contribution in [2.45, 2.75) is 76.0 Å². The molecule has 1 nitrogen and oxygen atoms in total. The van der Waals surface area contributed by atoms with Crippen molar-refractivity contribution in [2.75, 3.05) is 12.8 Å². The second-order valence-corrected chi connectivity index (χ2v) is 6.50. The zero-order valence-electron chi connectivity index (χ0n) is 11.3. The number of nitrogens with one attached hydrogen (secondary N) is 1. The van der Waals surface area contributed by atoms with Gasteiger partial charge in [-0.3, -0.25) is 0 Å². The van der Waals surface area contributed by atoms with Crippen molar-refractivity contribution in [3.63, 3.8) is 0 Å². The molecule has 0 aliphatic heterocycles. The van der Waals surface area contributed by atoms with E-state index in [2.05, 4.69) is 37.2 Å². The molecule has 0 aromatic rings. The van der Waals surface area contributed by atoms with Crippen LogP contribution in [0.25, 0.3) is 0 Å². The van der Waals surface area contributed by atoms with Gasteiger partial charge >= 0.3 is 0 Å². The van der Waals surface area contributed by atoms with Crippen LogP contribution in [0.1, 0.15) is 65.2 Å². The summed E-state index contributed by atoms with van der Waals surface area (Å²) in [5.41, 5.74) is 0. The van der Waals surface area contributed by atoms with Gasteiger partial charge in [0.15, 0.2) is 0 Å². The van der Waals surface area contributed by atoms with Gasteiger partial charge in [-0.15, -0.1) is 0 Å². The molecule has 0 aromatic carbocycles. The third-order valence-electron chi connectivity index (χ3n) is 4.06. The lowest BCUT2D eigenvalue weighted by Crippen LogP contribution is -2.40. The van der Waals surface area contributed by atoms with Crippen molar-refractivity contribution in [1.82, 2.24) is 5.32 Å². The average Bonchev–Trinajstić information content (AvgIpc) is 2.79. The van der Waals surface area contributed by atoms with Gasteiger partial charge in [0.1, 0.15) is 0 Å². The molecule has 1 aliphatic rings. The van der Waals surface area contributed by atoms with Gasteiger partial charge in [-0.2, -0.15) is 11.8 Å². The zero-order valence-corrected chi connectivity index (χ0v) is 12.2. The van der Waals surface area contributed by atoms with Gasteiger partial charge in [0.05, 0.1) is 0 Å². The number of thioether (sulfide) groups is 1. The molecule has 1 atom stereocenters. The van der Waals surface area contributed by atoms with E-state index in [1.807, 2.05) is 0 Å². The maximum Gasteiger partial charge on any atom is 0.0281 e. The first-order valence-electron chi connectivity index (χ1n) is 7.05. The van der Waals surface area contributed by atoms with Crippen molar-refractivity contribution in [3.05, 3.63) is 0 Å². The van der Waals surface area contributed by atoms with Crippen LogP contribution in [0.4, 0.5) is 0 Å². The van der Waals surface area contributed by atoms with Gasteiger partial charge in [0.2, 0.25) is 0 Å². The Hall–Kier alpha value is 0.310. The molecular formula is C14H29NS. The van der Waals surface area contributed by atoms with Gasteiger partial charge in [0, 0.05) is 17.3 Å². The van der Waals surface area contributed by atoms with Crippen molar-refractivity contribution in [2.24, 2.45) is 0 Å². The smallest absolute Gasteiger partial charge is 0.0281 e. The highest BCUT2D eigenvalue weighted by molar-refractivity contribution is 8.00. The highest BCUT2D eigenvalue weighted by Gasteiger charge is 2.32. The van der Waals surface area contributed by atoms with Crippen molar-refractivity contribution in [1.29, 1.82) is 0 Å². The van der Waals surface area contributed by atoms with E-state index in [-0.39, 0.29) is 0 Å². The Labute approximate surface area is 106 Å². The molecule has 0 radical (unpaired) electrons. The predicted octanol–water partition coefficient (Wildman–Crippen LogP) is 4.22. The summed E-state index contributed by atoms with van der Waals surface area (Å²) in [7, 11) is 0. The summed E-state index contributed by atoms with van der Waals surface area (Å²) in [4.78, 5) is 0. The van der Waals surface area contributed by atoms with Crippen LogP contribution < -0.4 is 5.32 Å². The van der Waals surface area contributed by atoms with Crippen LogP contribution >= 0.6 is 11.8 Å². The molecule has 2 heteroatoms. The second-order valence-electron chi connectivity index (χ2n) is 5.22. The van der Waals surface area contributed by atoms with Crippen LogP contribution in [0.5, 0.6) is 0 Å². The minimum atomic E-state index is 0.569. The average molecular weight is 243 g/mol. The quantitative estimate of drug-likeness (QED) is 0.685. The summed E-state index contributed by atoms with van der Waals surface area (Å²) in [5.74, 6) is 0. The summed E-state index contributed by atoms with van der Waals surface area (Å²) in [6.07, 6.45) is 13.4. The fourth-order valence-electron chi connectivity index (χ4n) is 2.70. The summed E-state index contributed by atoms with van der Waals surface area (Å²) < 4.78 is 0.569. The van der Waals surface area contributed by atoms with Gasteiger partial charge in [-0.05, 0) is 31.9 Å². The molecule has 1 N–H and O–H groups in total. The molecule has 0 aromatic heterocycles. The van der Waals surface area contributed by atoms with Gasteiger partial charge < -0.3 is 5.32 Å². The van der Waals surface area contributed by atoms with Gasteiger partial charge in [0.25, 0.3) is 0 Å². The highest BCUT2D eigenvalue weighted by atomic mass is 32.2. The first-order valence-corrected chi connectivity index (χ1v) is 8.27. The fraction of sp³-hybridized carbons (Fsp3) is 1.00. The van der Waals surface area contributed by atoms with Crippen LogP contribution in [-0.4, -0.2) is 23.6 Å². The second kappa shape index (κ2) is 7.60. The van der Waals surface area contributed by atoms with E-state index in [0.29, 0.717) is 4.75 Å². The third kappa shape index (κ3) is 4.29. The Bertz CT molecular complexity index is 176. The number of rotatable bonds is 8. The number of unbranched alkanes of at least 4 members (excludes halogenated alkanes) is 1. The minimum Gasteiger partial charge on any atom is -0.313 e. The Morgan fingerprint density at radius 1 is 1.25 bits per heavy atom. The molecule has 1 unspecified atom stereocenters. The van der Waals surface area contributed by atoms with Crippen LogP contribution in [0, 0.1) is 0 Å². The van der Waals surface area contributed by atoms with Gasteiger partial charge in [-0.25, -0.2) is 0 Å². The predicted molar refractivity (Wildman–Crippen MR) is 76.3 cm³/mol. The minimum absolute atomic E-state index is 0.569. The maximum absolute atomic E-state index is 3.82. The third-order valence-corrected chi connectivity index (χ3v) is 5.48. The Morgan fingerprint density at radius 3 is 2.44 bits per heavy atom. The molecule has 16 heavy (non-hydrogen) atoms. The molecule has 1 aliphatic carbocycles. The maximum atomic E-state index is 3.82. The van der Waals surface area contributed by atoms with Crippen molar-refractivity contribution >= 4 is 11.8 Å². The number of hydrogen-bond acceptors (Lipinski definition) is 2. The normalized spacial score (nSPS) is 21.2. The molecule has 0 amide bonds. The highest BCUT2D eigenvalue weighted by Crippen LogP contribution is 2.39. The SMILES string of the molecule is CCCCC(CC)NCC1(SC)CCCC1. The lowest BCUT2D eigenvalue weighted by atomic mass is 10.0. The van der Waals surface area contributed by atoms with E-state index in [9.17, 15) is 0 Å². The summed E-state index contributed by atoms with van der Waals surface area (Å²) in [5, 5.41) is 3.82. The summed E-state index contributed by atoms with van der Waals surface area (Å²) in [6, 6.07) is 0.754. The van der Waals surface area contributed by atoms with E-state index in [1.165, 1.54) is 57.9 Å². The lowest BCUT2D eigenvalue weighted by Gasteiger charge is -2.29. The van der Waals surface area contributed by atoms with E-state index in [4.69, 9.17) is 0 Å². The van der Waals surface area contributed by atoms with E-state index < -0.39 is 0 Å². The van der Waals surface area contributed by atoms with Crippen molar-refractivity contribution < 1.29 is 0 Å². The molecule has 0 heterocycles. The lowest BCUT2D eigenvalue weighted by molar-refractivity contribution is 0.419. The molecule has 1 saturated carbocycles. The standard InChI is InChI=1S/C14H29NS/c1-4-6-9-13(5-2)15-12-14(16-3)10-7-8-11-14/h13,15H,4-12H2,1-3H3. The molecule has 96 valence electrons. The molecule has 0 spiro atoms. The van der Waals surface area contributed by atoms with Crippen LogP contribution in [0.15, 0.2) is 0 Å². The molecule has 0 bridgehead atoms. The van der Waals surface area contributed by atoms with E-state index >= 15 is 0 Å². The topological polar surface area (TPSA) is 12.0 Å². The van der Waals surface area contributed by atoms with E-state index in [1.54, 1.807) is 0 Å². The van der Waals surface area contributed by atoms with Crippen LogP contribution in [0.3, 0.4) is 0 Å². The van der Waals surface area contributed by atoms with Crippen LogP contribution in [-0.2, 0) is 0 Å². The Morgan fingerprint density at radius 2 is 1.94 bits per heavy atom. The van der Waals surface area contributed by atoms with Gasteiger partial charge in [-0.1, -0.05) is 39.5 Å². The molecular weight excluding hydrogens is 214 g/mol. The molecule has 1 rings (SSSR count). The van der Waals surface area contributed by atoms with E-state index in [0.717, 1.165) is 6.04 Å². The molecule has 0 saturated heterocycles. The van der Waals surface area contributed by atoms with Crippen LogP contribution in [0.2, 0.25) is 0 Å². The number of hydrogen-bond donors (Lipinski definition) is 1. The molecule has 1 fully saturated rings. The fourth-order valence-corrected chi connectivity index (χ4v) is 3.63. The summed E-state index contributed by atoms with van der Waals surface area (Å²) in [6.45, 7) is 5.83. The monoisotopic (exact) mass is 243 g/mol. The first-order chi connectivity index (χ1) is 7.76. The zero-order chi connectivity index (χ0) is 11.9. The largest absolute Gasteiger partial charge is 0.313 e.